The van der Waals surface area contributed by atoms with E-state index in [0.717, 1.165) is 65.2 Å². The molecule has 2 aromatic carbocycles. The smallest absolute Gasteiger partial charge is 0.213 e. The van der Waals surface area contributed by atoms with Gasteiger partial charge < -0.3 is 9.47 Å². The molecule has 206 valence electrons. The molecule has 2 fully saturated rings. The van der Waals surface area contributed by atoms with Gasteiger partial charge in [0.2, 0.25) is 5.88 Å². The highest BCUT2D eigenvalue weighted by molar-refractivity contribution is 5.93. The minimum atomic E-state index is 0.607. The zero-order valence-electron chi connectivity index (χ0n) is 23.2. The van der Waals surface area contributed by atoms with E-state index in [4.69, 9.17) is 14.5 Å². The Bertz CT molecular complexity index is 1720. The van der Waals surface area contributed by atoms with Crippen LogP contribution in [0, 0.1) is 0 Å². The van der Waals surface area contributed by atoms with Gasteiger partial charge in [0.25, 0.3) is 0 Å². The van der Waals surface area contributed by atoms with Crippen molar-refractivity contribution < 1.29 is 9.47 Å². The second-order valence-electron chi connectivity index (χ2n) is 11.6. The molecule has 2 saturated heterocycles. The number of H-pyrrole nitrogens is 1. The third kappa shape index (κ3) is 4.40. The van der Waals surface area contributed by atoms with Crippen molar-refractivity contribution in [1.29, 1.82) is 0 Å². The van der Waals surface area contributed by atoms with Crippen LogP contribution in [0.1, 0.15) is 30.4 Å². The lowest BCUT2D eigenvalue weighted by atomic mass is 9.87. The number of fused-ring (bicyclic) bond motifs is 4. The third-order valence-corrected chi connectivity index (χ3v) is 9.27. The fraction of sp³-hybridized carbons (Fsp3) is 0.324. The maximum atomic E-state index is 5.74. The van der Waals surface area contributed by atoms with Crippen molar-refractivity contribution in [2.45, 2.75) is 50.2 Å². The first-order chi connectivity index (χ1) is 20.2. The Hall–Kier alpha value is -4.07. The Morgan fingerprint density at radius 1 is 0.829 bits per heavy atom. The number of hydrogen-bond acceptors (Lipinski definition) is 6. The maximum Gasteiger partial charge on any atom is 0.213 e. The molecule has 5 heterocycles. The average Bonchev–Trinajstić information content (AvgIpc) is 3.35. The molecular weight excluding hydrogens is 510 g/mol. The first-order valence-electron chi connectivity index (χ1n) is 14.7. The summed E-state index contributed by atoms with van der Waals surface area (Å²) in [5.74, 6) is 0.607. The molecular formula is C34H33N5O2. The van der Waals surface area contributed by atoms with E-state index < -0.39 is 0 Å². The molecule has 1 aliphatic carbocycles. The lowest BCUT2D eigenvalue weighted by Gasteiger charge is -2.56. The van der Waals surface area contributed by atoms with Crippen LogP contribution in [0.2, 0.25) is 0 Å². The van der Waals surface area contributed by atoms with Crippen LogP contribution in [-0.4, -0.2) is 63.5 Å². The fourth-order valence-electron chi connectivity index (χ4n) is 7.11. The number of rotatable bonds is 5. The molecule has 3 aliphatic rings. The van der Waals surface area contributed by atoms with Gasteiger partial charge in [0.1, 0.15) is 0 Å². The Kier molecular flexibility index (Phi) is 6.08. The van der Waals surface area contributed by atoms with E-state index in [1.807, 2.05) is 24.4 Å². The van der Waals surface area contributed by atoms with Crippen LogP contribution >= 0.6 is 0 Å². The van der Waals surface area contributed by atoms with E-state index in [1.54, 1.807) is 7.11 Å². The molecule has 7 heteroatoms. The Morgan fingerprint density at radius 3 is 2.41 bits per heavy atom. The van der Waals surface area contributed by atoms with Gasteiger partial charge in [-0.15, -0.1) is 0 Å². The lowest BCUT2D eigenvalue weighted by molar-refractivity contribution is -0.148. The number of aromatic nitrogens is 4. The first-order valence-corrected chi connectivity index (χ1v) is 14.7. The standard InChI is InChI=1S/C34H33N5O2/c1-40-32-4-2-3-31(36-32)22-6-8-23(9-7-22)33-30-16-26(18-35-34(30)38-37-33)25-10-5-21-11-13-27(14-12-24(21)15-25)39-28-17-29(39)20-41-19-28/h2-10,15-16,18,27-29H,11-14,17,19-20H2,1H3,(H,35,37,38)/t27-,28?,29?/m0/s1. The Labute approximate surface area is 239 Å². The monoisotopic (exact) mass is 543 g/mol. The number of hydrogen-bond donors (Lipinski definition) is 1. The molecule has 2 bridgehead atoms. The zero-order valence-corrected chi connectivity index (χ0v) is 23.2. The van der Waals surface area contributed by atoms with Gasteiger partial charge in [-0.25, -0.2) is 9.97 Å². The minimum Gasteiger partial charge on any atom is -0.481 e. The molecule has 0 spiro atoms. The molecule has 0 amide bonds. The van der Waals surface area contributed by atoms with Gasteiger partial charge in [-0.1, -0.05) is 48.5 Å². The second-order valence-corrected chi connectivity index (χ2v) is 11.6. The van der Waals surface area contributed by atoms with Gasteiger partial charge in [-0.05, 0) is 60.9 Å². The van der Waals surface area contributed by atoms with E-state index in [0.29, 0.717) is 24.0 Å². The number of nitrogens with one attached hydrogen (secondary N) is 1. The van der Waals surface area contributed by atoms with Crippen LogP contribution in [0.4, 0.5) is 0 Å². The predicted molar refractivity (Wildman–Crippen MR) is 160 cm³/mol. The van der Waals surface area contributed by atoms with Crippen LogP contribution in [0.25, 0.3) is 44.7 Å². The lowest BCUT2D eigenvalue weighted by Crippen LogP contribution is -2.66. The minimum absolute atomic E-state index is 0.607. The van der Waals surface area contributed by atoms with Gasteiger partial charge >= 0.3 is 0 Å². The van der Waals surface area contributed by atoms with Crippen LogP contribution in [0.3, 0.4) is 0 Å². The summed E-state index contributed by atoms with van der Waals surface area (Å²) in [5.41, 5.74) is 10.0. The summed E-state index contributed by atoms with van der Waals surface area (Å²) < 4.78 is 11.0. The largest absolute Gasteiger partial charge is 0.481 e. The van der Waals surface area contributed by atoms with E-state index in [-0.39, 0.29) is 0 Å². The van der Waals surface area contributed by atoms with Crippen molar-refractivity contribution in [2.75, 3.05) is 20.3 Å². The van der Waals surface area contributed by atoms with Crippen molar-refractivity contribution >= 4 is 11.0 Å². The molecule has 2 aliphatic heterocycles. The van der Waals surface area contributed by atoms with Crippen molar-refractivity contribution in [3.63, 3.8) is 0 Å². The molecule has 8 rings (SSSR count). The molecule has 3 atom stereocenters. The number of benzene rings is 2. The van der Waals surface area contributed by atoms with E-state index >= 15 is 0 Å². The number of ether oxygens (including phenoxy) is 2. The summed E-state index contributed by atoms with van der Waals surface area (Å²) in [7, 11) is 1.64. The highest BCUT2D eigenvalue weighted by Gasteiger charge is 2.45. The number of pyridine rings is 2. The highest BCUT2D eigenvalue weighted by atomic mass is 16.5. The summed E-state index contributed by atoms with van der Waals surface area (Å²) in [6.07, 6.45) is 8.04. The van der Waals surface area contributed by atoms with Crippen molar-refractivity contribution in [2.24, 2.45) is 0 Å². The molecule has 0 saturated carbocycles. The number of aryl methyl sites for hydroxylation is 2. The SMILES string of the molecule is COc1cccc(-c2ccc(-c3[nH]nc4ncc(-c5ccc6c(c5)CC[C@@H](N5C7COCC5C7)CC6)cc34)cc2)n1. The van der Waals surface area contributed by atoms with E-state index in [1.165, 1.54) is 36.0 Å². The molecule has 41 heavy (non-hydrogen) atoms. The second kappa shape index (κ2) is 10.1. The number of methoxy groups -OCH3 is 1. The van der Waals surface area contributed by atoms with Gasteiger partial charge in [0.05, 0.1) is 31.7 Å². The number of aromatic amines is 1. The summed E-state index contributed by atoms with van der Waals surface area (Å²) in [4.78, 5) is 12.1. The van der Waals surface area contributed by atoms with Crippen LogP contribution in [0.15, 0.2) is 72.9 Å². The van der Waals surface area contributed by atoms with E-state index in [9.17, 15) is 0 Å². The first kappa shape index (κ1) is 24.7. The van der Waals surface area contributed by atoms with Gasteiger partial charge in [-0.2, -0.15) is 5.10 Å². The third-order valence-electron chi connectivity index (χ3n) is 9.27. The van der Waals surface area contributed by atoms with Crippen molar-refractivity contribution in [3.05, 3.63) is 84.1 Å². The van der Waals surface area contributed by atoms with Crippen LogP contribution in [0.5, 0.6) is 5.88 Å². The topological polar surface area (TPSA) is 76.2 Å². The molecule has 2 unspecified atom stereocenters. The van der Waals surface area contributed by atoms with Gasteiger partial charge in [0.15, 0.2) is 5.65 Å². The number of nitrogens with zero attached hydrogens (tertiary/aromatic N) is 4. The molecule has 3 aromatic heterocycles. The average molecular weight is 544 g/mol. The predicted octanol–water partition coefficient (Wildman–Crippen LogP) is 6.08. The summed E-state index contributed by atoms with van der Waals surface area (Å²) in [5, 5.41) is 8.75. The Balaban J connectivity index is 1.05. The zero-order chi connectivity index (χ0) is 27.3. The molecule has 1 N–H and O–H groups in total. The number of morpholine rings is 1. The fourth-order valence-corrected chi connectivity index (χ4v) is 7.11. The Morgan fingerprint density at radius 2 is 1.61 bits per heavy atom. The summed E-state index contributed by atoms with van der Waals surface area (Å²) >= 11 is 0. The summed E-state index contributed by atoms with van der Waals surface area (Å²) in [6.45, 7) is 1.83. The van der Waals surface area contributed by atoms with Gasteiger partial charge in [0, 0.05) is 52.5 Å². The van der Waals surface area contributed by atoms with Crippen LogP contribution in [-0.2, 0) is 17.6 Å². The molecule has 5 aromatic rings. The highest BCUT2D eigenvalue weighted by Crippen LogP contribution is 2.38. The molecule has 7 nitrogen and oxygen atoms in total. The summed E-state index contributed by atoms with van der Waals surface area (Å²) in [6, 6.07) is 25.4. The quantitative estimate of drug-likeness (QED) is 0.271. The van der Waals surface area contributed by atoms with Crippen molar-refractivity contribution in [1.82, 2.24) is 25.1 Å². The normalized spacial score (nSPS) is 22.1. The van der Waals surface area contributed by atoms with Gasteiger partial charge in [-0.3, -0.25) is 10.00 Å². The molecule has 0 radical (unpaired) electrons. The van der Waals surface area contributed by atoms with Crippen LogP contribution < -0.4 is 4.74 Å². The maximum absolute atomic E-state index is 5.74. The van der Waals surface area contributed by atoms with Crippen molar-refractivity contribution in [3.8, 4) is 39.5 Å². The van der Waals surface area contributed by atoms with E-state index in [2.05, 4.69) is 68.6 Å².